The van der Waals surface area contributed by atoms with Gasteiger partial charge in [-0.2, -0.15) is 0 Å². The molecular formula is C18H20O5Sn. The van der Waals surface area contributed by atoms with E-state index < -0.39 is 39.2 Å². The number of hydrogen-bond acceptors (Lipinski definition) is 5. The first kappa shape index (κ1) is 20.2. The molecule has 0 aliphatic rings. The zero-order valence-electron chi connectivity index (χ0n) is 13.6. The van der Waals surface area contributed by atoms with E-state index in [-0.39, 0.29) is 6.42 Å². The van der Waals surface area contributed by atoms with Crippen LogP contribution in [0.3, 0.4) is 0 Å². The van der Waals surface area contributed by atoms with Crippen molar-refractivity contribution in [2.24, 2.45) is 0 Å². The van der Waals surface area contributed by atoms with Gasteiger partial charge in [0.05, 0.1) is 20.6 Å². The molecule has 0 bridgehead atoms. The molecule has 126 valence electrons. The van der Waals surface area contributed by atoms with Gasteiger partial charge in [-0.05, 0) is 0 Å². The summed E-state index contributed by atoms with van der Waals surface area (Å²) in [7, 11) is 2.30. The second-order valence-corrected chi connectivity index (χ2v) is 8.69. The van der Waals surface area contributed by atoms with Crippen LogP contribution in [0.15, 0.2) is 60.7 Å². The zero-order valence-corrected chi connectivity index (χ0v) is 16.5. The number of carbonyl (C=O) groups is 2. The number of aliphatic hydroxyl groups excluding tert-OH is 1. The van der Waals surface area contributed by atoms with E-state index in [0.717, 1.165) is 7.11 Å². The van der Waals surface area contributed by atoms with Crippen molar-refractivity contribution >= 4 is 40.2 Å². The molecule has 2 aromatic carbocycles. The van der Waals surface area contributed by atoms with Gasteiger partial charge in [-0.15, -0.1) is 0 Å². The van der Waals surface area contributed by atoms with Gasteiger partial charge in [-0.25, -0.2) is 4.79 Å². The minimum atomic E-state index is -1.42. The number of esters is 2. The second-order valence-electron chi connectivity index (χ2n) is 4.68. The Labute approximate surface area is 151 Å². The summed E-state index contributed by atoms with van der Waals surface area (Å²) in [6, 6.07) is 21.6. The first-order valence-electron chi connectivity index (χ1n) is 7.26. The van der Waals surface area contributed by atoms with Crippen LogP contribution in [0.2, 0.25) is 0 Å². The van der Waals surface area contributed by atoms with Gasteiger partial charge in [0, 0.05) is 0 Å². The van der Waals surface area contributed by atoms with E-state index in [1.807, 2.05) is 0 Å². The molecule has 0 saturated carbocycles. The fourth-order valence-corrected chi connectivity index (χ4v) is 4.67. The van der Waals surface area contributed by atoms with Crippen molar-refractivity contribution in [2.45, 2.75) is 12.5 Å². The third-order valence-corrected chi connectivity index (χ3v) is 6.45. The van der Waals surface area contributed by atoms with Gasteiger partial charge in [0.15, 0.2) is 6.10 Å². The first-order chi connectivity index (χ1) is 11.6. The maximum absolute atomic E-state index is 10.5. The standard InChI is InChI=1S/C6H10O5.2C6H5.Sn/c1-10-5(8)3-4(7)6(9)11-2;2*1-2-4-6-5-3-1;/h4,7H,3H2,1-2H3;2*1-5H;. The minimum absolute atomic E-state index is 0.372. The topological polar surface area (TPSA) is 72.8 Å². The Morgan fingerprint density at radius 2 is 1.38 bits per heavy atom. The van der Waals surface area contributed by atoms with Crippen LogP contribution in [0.1, 0.15) is 6.42 Å². The molecule has 1 unspecified atom stereocenters. The molecule has 6 heteroatoms. The van der Waals surface area contributed by atoms with Crippen molar-refractivity contribution in [1.82, 2.24) is 0 Å². The first-order valence-corrected chi connectivity index (χ1v) is 10.1. The average molecular weight is 435 g/mol. The van der Waals surface area contributed by atoms with Crippen molar-refractivity contribution in [3.8, 4) is 0 Å². The predicted octanol–water partition coefficient (Wildman–Crippen LogP) is 0.425. The number of carbonyl (C=O) groups excluding carboxylic acids is 2. The fourth-order valence-electron chi connectivity index (χ4n) is 1.67. The summed E-state index contributed by atoms with van der Waals surface area (Å²) >= 11 is -0.517. The Kier molecular flexibility index (Phi) is 9.79. The molecule has 24 heavy (non-hydrogen) atoms. The van der Waals surface area contributed by atoms with Crippen molar-refractivity contribution < 1.29 is 24.2 Å². The van der Waals surface area contributed by atoms with Crippen molar-refractivity contribution in [3.63, 3.8) is 0 Å². The second kappa shape index (κ2) is 11.6. The summed E-state index contributed by atoms with van der Waals surface area (Å²) in [5.41, 5.74) is 0. The van der Waals surface area contributed by atoms with E-state index in [0.29, 0.717) is 0 Å². The van der Waals surface area contributed by atoms with Crippen molar-refractivity contribution in [3.05, 3.63) is 60.7 Å². The van der Waals surface area contributed by atoms with Gasteiger partial charge >= 0.3 is 101 Å². The normalized spacial score (nSPS) is 10.8. The SMILES string of the molecule is COC(=O)CC(O)C(=O)OC.c1cc[c]([Sn][c]2ccccc2)cc1. The Hall–Kier alpha value is -1.86. The van der Waals surface area contributed by atoms with E-state index in [1.54, 1.807) is 0 Å². The van der Waals surface area contributed by atoms with Crippen LogP contribution in [0.5, 0.6) is 0 Å². The van der Waals surface area contributed by atoms with E-state index in [1.165, 1.54) is 14.3 Å². The van der Waals surface area contributed by atoms with Crippen LogP contribution in [-0.2, 0) is 19.1 Å². The molecule has 0 amide bonds. The van der Waals surface area contributed by atoms with Crippen LogP contribution in [0.4, 0.5) is 0 Å². The molecule has 5 nitrogen and oxygen atoms in total. The molecule has 0 saturated heterocycles. The molecule has 0 aliphatic carbocycles. The molecular weight excluding hydrogens is 415 g/mol. The summed E-state index contributed by atoms with van der Waals surface area (Å²) in [4.78, 5) is 20.9. The third-order valence-electron chi connectivity index (χ3n) is 2.90. The van der Waals surface area contributed by atoms with Crippen LogP contribution in [0, 0.1) is 0 Å². The molecule has 2 rings (SSSR count). The quantitative estimate of drug-likeness (QED) is 0.545. The van der Waals surface area contributed by atoms with Crippen LogP contribution < -0.4 is 7.16 Å². The number of ether oxygens (including phenoxy) is 2. The van der Waals surface area contributed by atoms with Crippen LogP contribution in [-0.4, -0.2) is 58.5 Å². The van der Waals surface area contributed by atoms with E-state index in [2.05, 4.69) is 70.1 Å². The number of aliphatic hydroxyl groups is 1. The van der Waals surface area contributed by atoms with Crippen LogP contribution in [0.25, 0.3) is 0 Å². The molecule has 0 spiro atoms. The number of rotatable bonds is 5. The molecule has 0 fully saturated rings. The molecule has 2 aromatic rings. The molecule has 0 aliphatic heterocycles. The van der Waals surface area contributed by atoms with Gasteiger partial charge in [-0.1, -0.05) is 0 Å². The predicted molar refractivity (Wildman–Crippen MR) is 92.6 cm³/mol. The van der Waals surface area contributed by atoms with Gasteiger partial charge in [0.25, 0.3) is 0 Å². The molecule has 2 radical (unpaired) electrons. The van der Waals surface area contributed by atoms with Gasteiger partial charge < -0.3 is 14.6 Å². The van der Waals surface area contributed by atoms with Crippen LogP contribution >= 0.6 is 0 Å². The van der Waals surface area contributed by atoms with E-state index in [9.17, 15) is 9.59 Å². The number of benzene rings is 2. The number of hydrogen-bond donors (Lipinski definition) is 1. The van der Waals surface area contributed by atoms with Crippen molar-refractivity contribution in [1.29, 1.82) is 0 Å². The average Bonchev–Trinajstić information content (AvgIpc) is 2.63. The van der Waals surface area contributed by atoms with Gasteiger partial charge in [-0.3, -0.25) is 4.79 Å². The zero-order chi connectivity index (χ0) is 17.8. The van der Waals surface area contributed by atoms with Crippen molar-refractivity contribution in [2.75, 3.05) is 14.2 Å². The Morgan fingerprint density at radius 3 is 1.75 bits per heavy atom. The molecule has 1 atom stereocenters. The fraction of sp³-hybridized carbons (Fsp3) is 0.222. The van der Waals surface area contributed by atoms with Gasteiger partial charge in [0.1, 0.15) is 0 Å². The summed E-state index contributed by atoms with van der Waals surface area (Å²) in [5.74, 6) is -1.49. The summed E-state index contributed by atoms with van der Waals surface area (Å²) in [6.07, 6.45) is -1.80. The third kappa shape index (κ3) is 8.12. The van der Waals surface area contributed by atoms with Gasteiger partial charge in [0.2, 0.25) is 0 Å². The maximum atomic E-state index is 10.5. The summed E-state index contributed by atoms with van der Waals surface area (Å²) < 4.78 is 11.4. The Bertz CT molecular complexity index is 578. The Balaban J connectivity index is 0.000000245. The van der Waals surface area contributed by atoms with E-state index >= 15 is 0 Å². The Morgan fingerprint density at radius 1 is 0.917 bits per heavy atom. The number of methoxy groups -OCH3 is 2. The summed E-state index contributed by atoms with van der Waals surface area (Å²) in [5, 5.41) is 8.84. The molecule has 0 heterocycles. The summed E-state index contributed by atoms with van der Waals surface area (Å²) in [6.45, 7) is 0. The molecule has 1 N–H and O–H groups in total. The molecule has 0 aromatic heterocycles. The van der Waals surface area contributed by atoms with E-state index in [4.69, 9.17) is 5.11 Å². The monoisotopic (exact) mass is 436 g/mol.